The average molecular weight is 411 g/mol. The number of nitrogens with one attached hydrogen (secondary N) is 2. The number of hydrogen-bond acceptors (Lipinski definition) is 7. The Kier molecular flexibility index (Phi) is 6.34. The fraction of sp³-hybridized carbons (Fsp3) is 0.235. The smallest absolute Gasteiger partial charge is 0.229 e. The van der Waals surface area contributed by atoms with Crippen molar-refractivity contribution in [1.82, 2.24) is 19.7 Å². The van der Waals surface area contributed by atoms with Crippen molar-refractivity contribution in [3.63, 3.8) is 0 Å². The van der Waals surface area contributed by atoms with E-state index in [0.29, 0.717) is 12.2 Å². The molecular formula is C17H17ClF2N6O2. The summed E-state index contributed by atoms with van der Waals surface area (Å²) in [7, 11) is 0. The van der Waals surface area contributed by atoms with Crippen molar-refractivity contribution in [1.29, 1.82) is 0 Å². The van der Waals surface area contributed by atoms with E-state index in [1.54, 1.807) is 6.20 Å². The topological polar surface area (TPSA) is 108 Å². The average Bonchev–Trinajstić information content (AvgIpc) is 3.10. The Labute approximate surface area is 163 Å². The Morgan fingerprint density at radius 2 is 1.93 bits per heavy atom. The first-order chi connectivity index (χ1) is 13.5. The fourth-order valence-electron chi connectivity index (χ4n) is 2.53. The van der Waals surface area contributed by atoms with Gasteiger partial charge in [-0.05, 0) is 12.1 Å². The molecule has 1 atom stereocenters. The first-order valence-electron chi connectivity index (χ1n) is 8.26. The van der Waals surface area contributed by atoms with Crippen LogP contribution in [0.3, 0.4) is 0 Å². The number of anilines is 3. The molecule has 28 heavy (non-hydrogen) atoms. The van der Waals surface area contributed by atoms with Crippen LogP contribution >= 0.6 is 11.6 Å². The fourth-order valence-corrected chi connectivity index (χ4v) is 2.67. The number of hydrogen-bond donors (Lipinski definition) is 4. The second kappa shape index (κ2) is 8.91. The van der Waals surface area contributed by atoms with Crippen LogP contribution in [0.1, 0.15) is 11.6 Å². The highest BCUT2D eigenvalue weighted by Crippen LogP contribution is 2.28. The van der Waals surface area contributed by atoms with E-state index >= 15 is 0 Å². The molecule has 0 amide bonds. The summed E-state index contributed by atoms with van der Waals surface area (Å²) in [5.41, 5.74) is 0.250. The summed E-state index contributed by atoms with van der Waals surface area (Å²) >= 11 is 6.08. The van der Waals surface area contributed by atoms with Gasteiger partial charge in [0.1, 0.15) is 16.7 Å². The van der Waals surface area contributed by atoms with E-state index in [4.69, 9.17) is 16.7 Å². The lowest BCUT2D eigenvalue weighted by molar-refractivity contribution is 0.269. The molecule has 0 aliphatic rings. The van der Waals surface area contributed by atoms with Gasteiger partial charge >= 0.3 is 0 Å². The number of aromatic nitrogens is 4. The van der Waals surface area contributed by atoms with Crippen molar-refractivity contribution < 1.29 is 19.0 Å². The van der Waals surface area contributed by atoms with Crippen LogP contribution in [-0.2, 0) is 6.54 Å². The summed E-state index contributed by atoms with van der Waals surface area (Å²) in [5, 5.41) is 28.3. The lowest BCUT2D eigenvalue weighted by atomic mass is 10.1. The van der Waals surface area contributed by atoms with Gasteiger partial charge in [-0.2, -0.15) is 10.1 Å². The summed E-state index contributed by atoms with van der Waals surface area (Å²) < 4.78 is 29.6. The monoisotopic (exact) mass is 410 g/mol. The Morgan fingerprint density at radius 3 is 2.61 bits per heavy atom. The maximum absolute atomic E-state index is 14.0. The van der Waals surface area contributed by atoms with Crippen LogP contribution in [0.25, 0.3) is 0 Å². The van der Waals surface area contributed by atoms with Crippen molar-refractivity contribution in [2.75, 3.05) is 23.8 Å². The normalized spacial score (nSPS) is 12.0. The molecule has 8 nitrogen and oxygen atoms in total. The van der Waals surface area contributed by atoms with Crippen LogP contribution in [0.4, 0.5) is 26.2 Å². The van der Waals surface area contributed by atoms with E-state index in [-0.39, 0.29) is 29.0 Å². The molecule has 2 heterocycles. The minimum absolute atomic E-state index is 0.0538. The van der Waals surface area contributed by atoms with Gasteiger partial charge in [0, 0.05) is 11.8 Å². The summed E-state index contributed by atoms with van der Waals surface area (Å²) in [5.74, 6) is -1.36. The molecule has 3 rings (SSSR count). The zero-order valence-electron chi connectivity index (χ0n) is 14.5. The molecule has 1 unspecified atom stereocenters. The molecule has 0 fully saturated rings. The minimum Gasteiger partial charge on any atom is -0.394 e. The van der Waals surface area contributed by atoms with Gasteiger partial charge in [-0.3, -0.25) is 4.68 Å². The Bertz CT molecular complexity index is 935. The van der Waals surface area contributed by atoms with Crippen molar-refractivity contribution in [3.8, 4) is 0 Å². The van der Waals surface area contributed by atoms with Crippen LogP contribution in [0.15, 0.2) is 36.8 Å². The van der Waals surface area contributed by atoms with E-state index in [0.717, 1.165) is 12.1 Å². The standard InChI is InChI=1S/C17H17ClF2N6O2/c18-11-7-21-17(23-10-6-22-26(8-10)4-5-27)25-16(11)24-14(9-28)15-12(19)2-1-3-13(15)20/h1-3,6-8,14,27-28H,4-5,9H2,(H2,21,23,24,25). The molecule has 148 valence electrons. The quantitative estimate of drug-likeness (QED) is 0.452. The van der Waals surface area contributed by atoms with Gasteiger partial charge in [0.25, 0.3) is 0 Å². The maximum atomic E-state index is 14.0. The van der Waals surface area contributed by atoms with Crippen LogP contribution in [-0.4, -0.2) is 43.2 Å². The van der Waals surface area contributed by atoms with Gasteiger partial charge in [-0.25, -0.2) is 13.8 Å². The van der Waals surface area contributed by atoms with Crippen molar-refractivity contribution in [2.45, 2.75) is 12.6 Å². The molecular weight excluding hydrogens is 394 g/mol. The number of benzene rings is 1. The molecule has 1 aromatic carbocycles. The largest absolute Gasteiger partial charge is 0.394 e. The molecule has 0 saturated heterocycles. The van der Waals surface area contributed by atoms with Crippen molar-refractivity contribution in [2.24, 2.45) is 0 Å². The Hall–Kier alpha value is -2.82. The number of rotatable bonds is 8. The third-order valence-corrected chi connectivity index (χ3v) is 4.08. The zero-order valence-corrected chi connectivity index (χ0v) is 15.2. The molecule has 0 spiro atoms. The molecule has 0 aliphatic carbocycles. The van der Waals surface area contributed by atoms with Crippen LogP contribution in [0, 0.1) is 11.6 Å². The molecule has 0 saturated carbocycles. The summed E-state index contributed by atoms with van der Waals surface area (Å²) in [4.78, 5) is 8.23. The molecule has 0 aliphatic heterocycles. The highest BCUT2D eigenvalue weighted by Gasteiger charge is 2.21. The third-order valence-electron chi connectivity index (χ3n) is 3.80. The Balaban J connectivity index is 1.82. The minimum atomic E-state index is -1.10. The van der Waals surface area contributed by atoms with Crippen molar-refractivity contribution in [3.05, 3.63) is 59.0 Å². The molecule has 3 aromatic rings. The lowest BCUT2D eigenvalue weighted by Gasteiger charge is -2.19. The predicted molar refractivity (Wildman–Crippen MR) is 99.4 cm³/mol. The highest BCUT2D eigenvalue weighted by molar-refractivity contribution is 6.32. The number of aliphatic hydroxyl groups is 2. The summed E-state index contributed by atoms with van der Waals surface area (Å²) in [6.07, 6.45) is 4.47. The Morgan fingerprint density at radius 1 is 1.18 bits per heavy atom. The van der Waals surface area contributed by atoms with Gasteiger partial charge in [0.05, 0.1) is 43.9 Å². The van der Waals surface area contributed by atoms with Gasteiger partial charge in [-0.1, -0.05) is 17.7 Å². The molecule has 2 aromatic heterocycles. The number of aliphatic hydroxyl groups excluding tert-OH is 2. The second-order valence-electron chi connectivity index (χ2n) is 5.75. The van der Waals surface area contributed by atoms with Gasteiger partial charge < -0.3 is 20.8 Å². The summed E-state index contributed by atoms with van der Waals surface area (Å²) in [6.45, 7) is -0.307. The second-order valence-corrected chi connectivity index (χ2v) is 6.15. The van der Waals surface area contributed by atoms with E-state index in [2.05, 4.69) is 25.7 Å². The van der Waals surface area contributed by atoms with E-state index < -0.39 is 24.3 Å². The predicted octanol–water partition coefficient (Wildman–Crippen LogP) is 2.49. The van der Waals surface area contributed by atoms with Crippen LogP contribution in [0.2, 0.25) is 5.02 Å². The molecule has 11 heteroatoms. The van der Waals surface area contributed by atoms with Crippen LogP contribution < -0.4 is 10.6 Å². The third kappa shape index (κ3) is 4.53. The van der Waals surface area contributed by atoms with Crippen molar-refractivity contribution >= 4 is 29.1 Å². The molecule has 4 N–H and O–H groups in total. The number of nitrogens with zero attached hydrogens (tertiary/aromatic N) is 4. The molecule has 0 radical (unpaired) electrons. The maximum Gasteiger partial charge on any atom is 0.229 e. The highest BCUT2D eigenvalue weighted by atomic mass is 35.5. The van der Waals surface area contributed by atoms with Gasteiger partial charge in [-0.15, -0.1) is 0 Å². The number of halogens is 3. The first kappa shape index (κ1) is 19.9. The van der Waals surface area contributed by atoms with Gasteiger partial charge in [0.2, 0.25) is 5.95 Å². The zero-order chi connectivity index (χ0) is 20.1. The van der Waals surface area contributed by atoms with Gasteiger partial charge in [0.15, 0.2) is 5.82 Å². The lowest BCUT2D eigenvalue weighted by Crippen LogP contribution is -2.19. The first-order valence-corrected chi connectivity index (χ1v) is 8.63. The van der Waals surface area contributed by atoms with Crippen LogP contribution in [0.5, 0.6) is 0 Å². The SMILES string of the molecule is OCCn1cc(Nc2ncc(Cl)c(NC(CO)c3c(F)cccc3F)n2)cn1. The van der Waals surface area contributed by atoms with E-state index in [1.165, 1.54) is 23.1 Å². The van der Waals surface area contributed by atoms with E-state index in [1.807, 2.05) is 0 Å². The summed E-state index contributed by atoms with van der Waals surface area (Å²) in [6, 6.07) is 2.33. The molecule has 0 bridgehead atoms. The van der Waals surface area contributed by atoms with E-state index in [9.17, 15) is 13.9 Å².